The fourth-order valence-corrected chi connectivity index (χ4v) is 3.17. The molecule has 0 spiro atoms. The van der Waals surface area contributed by atoms with Gasteiger partial charge in [-0.1, -0.05) is 23.7 Å². The summed E-state index contributed by atoms with van der Waals surface area (Å²) in [5.74, 6) is 0.732. The summed E-state index contributed by atoms with van der Waals surface area (Å²) in [5, 5.41) is 1.26. The highest BCUT2D eigenvalue weighted by atomic mass is 35.5. The Bertz CT molecular complexity index is 1050. The predicted octanol–water partition coefficient (Wildman–Crippen LogP) is 3.68. The minimum absolute atomic E-state index is 0.0161. The Balaban J connectivity index is 1.46. The highest BCUT2D eigenvalue weighted by Crippen LogP contribution is 2.15. The number of amides is 1. The lowest BCUT2D eigenvalue weighted by Crippen LogP contribution is -2.31. The van der Waals surface area contributed by atoms with Gasteiger partial charge in [-0.05, 0) is 49.2 Å². The van der Waals surface area contributed by atoms with Gasteiger partial charge < -0.3 is 9.64 Å². The molecule has 0 saturated heterocycles. The van der Waals surface area contributed by atoms with Crippen LogP contribution in [0.1, 0.15) is 18.4 Å². The van der Waals surface area contributed by atoms with Gasteiger partial charge in [-0.25, -0.2) is 4.98 Å². The van der Waals surface area contributed by atoms with E-state index in [4.69, 9.17) is 16.3 Å². The number of fused-ring (bicyclic) bond motifs is 1. The van der Waals surface area contributed by atoms with Crippen molar-refractivity contribution >= 4 is 28.4 Å². The number of para-hydroxylation sites is 1. The minimum atomic E-state index is -0.0733. The van der Waals surface area contributed by atoms with E-state index in [0.29, 0.717) is 48.7 Å². The average molecular weight is 414 g/mol. The molecule has 0 atom stereocenters. The quantitative estimate of drug-likeness (QED) is 0.565. The molecule has 0 saturated carbocycles. The molecule has 1 aromatic heterocycles. The van der Waals surface area contributed by atoms with E-state index < -0.39 is 0 Å². The summed E-state index contributed by atoms with van der Waals surface area (Å²) < 4.78 is 7.18. The highest BCUT2D eigenvalue weighted by molar-refractivity contribution is 6.30. The average Bonchev–Trinajstić information content (AvgIpc) is 2.71. The summed E-state index contributed by atoms with van der Waals surface area (Å²) >= 11 is 5.84. The molecule has 2 aromatic carbocycles. The zero-order chi connectivity index (χ0) is 20.8. The first kappa shape index (κ1) is 20.9. The molecule has 29 heavy (non-hydrogen) atoms. The Morgan fingerprint density at radius 1 is 1.21 bits per heavy atom. The SMILES string of the molecule is Cc1cccc2c(=O)n(CCCC(=O)N(C)CCOc3ccc(Cl)cc3)cnc12. The molecule has 0 aliphatic rings. The topological polar surface area (TPSA) is 64.4 Å². The number of aromatic nitrogens is 2. The summed E-state index contributed by atoms with van der Waals surface area (Å²) in [6.07, 6.45) is 2.49. The lowest BCUT2D eigenvalue weighted by atomic mass is 10.1. The number of benzene rings is 2. The largest absolute Gasteiger partial charge is 0.492 e. The number of halogens is 1. The normalized spacial score (nSPS) is 10.9. The Kier molecular flexibility index (Phi) is 6.88. The summed E-state index contributed by atoms with van der Waals surface area (Å²) in [5.41, 5.74) is 1.63. The Labute approximate surface area is 174 Å². The van der Waals surface area contributed by atoms with Gasteiger partial charge in [0.25, 0.3) is 5.56 Å². The van der Waals surface area contributed by atoms with Crippen LogP contribution in [0.3, 0.4) is 0 Å². The van der Waals surface area contributed by atoms with Crippen LogP contribution in [-0.4, -0.2) is 40.6 Å². The number of aryl methyl sites for hydroxylation is 2. The first-order valence-electron chi connectivity index (χ1n) is 9.53. The van der Waals surface area contributed by atoms with Crippen molar-refractivity contribution in [2.45, 2.75) is 26.3 Å². The molecule has 0 radical (unpaired) electrons. The van der Waals surface area contributed by atoms with Crippen LogP contribution in [0, 0.1) is 6.92 Å². The van der Waals surface area contributed by atoms with Gasteiger partial charge in [0.1, 0.15) is 12.4 Å². The summed E-state index contributed by atoms with van der Waals surface area (Å²) in [4.78, 5) is 30.9. The van der Waals surface area contributed by atoms with Gasteiger partial charge in [-0.3, -0.25) is 14.2 Å². The third-order valence-electron chi connectivity index (χ3n) is 4.78. The molecule has 152 valence electrons. The predicted molar refractivity (Wildman–Crippen MR) is 115 cm³/mol. The number of carbonyl (C=O) groups excluding carboxylic acids is 1. The van der Waals surface area contributed by atoms with Crippen molar-refractivity contribution in [3.05, 3.63) is 69.7 Å². The van der Waals surface area contributed by atoms with Crippen LogP contribution in [0.2, 0.25) is 5.02 Å². The minimum Gasteiger partial charge on any atom is -0.492 e. The molecule has 0 unspecified atom stereocenters. The summed E-state index contributed by atoms with van der Waals surface area (Å²) in [6.45, 7) is 3.27. The van der Waals surface area contributed by atoms with Gasteiger partial charge in [-0.15, -0.1) is 0 Å². The van der Waals surface area contributed by atoms with Crippen LogP contribution < -0.4 is 10.3 Å². The Morgan fingerprint density at radius 3 is 2.72 bits per heavy atom. The van der Waals surface area contributed by atoms with Gasteiger partial charge in [0.15, 0.2) is 0 Å². The third kappa shape index (κ3) is 5.35. The molecule has 1 amide bonds. The third-order valence-corrected chi connectivity index (χ3v) is 5.03. The Morgan fingerprint density at radius 2 is 1.97 bits per heavy atom. The number of carbonyl (C=O) groups is 1. The summed E-state index contributed by atoms with van der Waals surface area (Å²) in [6, 6.07) is 12.7. The maximum absolute atomic E-state index is 12.6. The second-order valence-corrected chi connectivity index (χ2v) is 7.37. The second-order valence-electron chi connectivity index (χ2n) is 6.94. The Hall–Kier alpha value is -2.86. The van der Waals surface area contributed by atoms with Gasteiger partial charge in [0, 0.05) is 25.0 Å². The number of likely N-dealkylation sites (N-methyl/N-ethyl adjacent to an activating group) is 1. The molecule has 0 aliphatic carbocycles. The van der Waals surface area contributed by atoms with Gasteiger partial charge >= 0.3 is 0 Å². The standard InChI is InChI=1S/C22H24ClN3O3/c1-16-5-3-6-19-21(16)24-15-26(22(19)28)12-4-7-20(27)25(2)13-14-29-18-10-8-17(23)9-11-18/h3,5-6,8-11,15H,4,7,12-14H2,1-2H3. The van der Waals surface area contributed by atoms with Crippen molar-refractivity contribution in [3.8, 4) is 5.75 Å². The van der Waals surface area contributed by atoms with Crippen molar-refractivity contribution in [2.75, 3.05) is 20.2 Å². The number of ether oxygens (including phenoxy) is 1. The van der Waals surface area contributed by atoms with Crippen LogP contribution in [0.4, 0.5) is 0 Å². The van der Waals surface area contributed by atoms with E-state index in [9.17, 15) is 9.59 Å². The van der Waals surface area contributed by atoms with E-state index in [0.717, 1.165) is 11.1 Å². The van der Waals surface area contributed by atoms with Crippen molar-refractivity contribution < 1.29 is 9.53 Å². The molecular weight excluding hydrogens is 390 g/mol. The van der Waals surface area contributed by atoms with E-state index >= 15 is 0 Å². The second kappa shape index (κ2) is 9.56. The number of rotatable bonds is 8. The summed E-state index contributed by atoms with van der Waals surface area (Å²) in [7, 11) is 1.75. The van der Waals surface area contributed by atoms with Crippen LogP contribution in [0.25, 0.3) is 10.9 Å². The molecule has 0 bridgehead atoms. The molecule has 0 N–H and O–H groups in total. The highest BCUT2D eigenvalue weighted by Gasteiger charge is 2.10. The maximum atomic E-state index is 12.6. The number of hydrogen-bond acceptors (Lipinski definition) is 4. The van der Waals surface area contributed by atoms with Crippen LogP contribution >= 0.6 is 11.6 Å². The van der Waals surface area contributed by atoms with E-state index in [-0.39, 0.29) is 11.5 Å². The van der Waals surface area contributed by atoms with Crippen molar-refractivity contribution in [1.29, 1.82) is 0 Å². The van der Waals surface area contributed by atoms with Crippen molar-refractivity contribution in [1.82, 2.24) is 14.5 Å². The van der Waals surface area contributed by atoms with Crippen LogP contribution in [0.15, 0.2) is 53.6 Å². The smallest absolute Gasteiger partial charge is 0.261 e. The number of nitrogens with zero attached hydrogens (tertiary/aromatic N) is 3. The van der Waals surface area contributed by atoms with E-state index in [1.54, 1.807) is 53.2 Å². The lowest BCUT2D eigenvalue weighted by molar-refractivity contribution is -0.130. The molecule has 3 aromatic rings. The zero-order valence-electron chi connectivity index (χ0n) is 16.6. The van der Waals surface area contributed by atoms with E-state index in [2.05, 4.69) is 4.98 Å². The van der Waals surface area contributed by atoms with E-state index in [1.165, 1.54) is 0 Å². The lowest BCUT2D eigenvalue weighted by Gasteiger charge is -2.17. The molecule has 3 rings (SSSR count). The van der Waals surface area contributed by atoms with Crippen molar-refractivity contribution in [3.63, 3.8) is 0 Å². The fraction of sp³-hybridized carbons (Fsp3) is 0.318. The van der Waals surface area contributed by atoms with Crippen LogP contribution in [0.5, 0.6) is 5.75 Å². The number of hydrogen-bond donors (Lipinski definition) is 0. The van der Waals surface area contributed by atoms with Gasteiger partial charge in [0.2, 0.25) is 5.91 Å². The zero-order valence-corrected chi connectivity index (χ0v) is 17.4. The first-order valence-corrected chi connectivity index (χ1v) is 9.90. The van der Waals surface area contributed by atoms with Gasteiger partial charge in [0.05, 0.1) is 23.8 Å². The monoisotopic (exact) mass is 413 g/mol. The first-order chi connectivity index (χ1) is 14.0. The molecule has 7 heteroatoms. The van der Waals surface area contributed by atoms with Crippen LogP contribution in [-0.2, 0) is 11.3 Å². The molecule has 1 heterocycles. The van der Waals surface area contributed by atoms with Crippen molar-refractivity contribution in [2.24, 2.45) is 0 Å². The van der Waals surface area contributed by atoms with Gasteiger partial charge in [-0.2, -0.15) is 0 Å². The molecule has 0 aliphatic heterocycles. The maximum Gasteiger partial charge on any atom is 0.261 e. The molecule has 0 fully saturated rings. The fourth-order valence-electron chi connectivity index (χ4n) is 3.04. The molecular formula is C22H24ClN3O3. The van der Waals surface area contributed by atoms with E-state index in [1.807, 2.05) is 19.1 Å². The molecule has 6 nitrogen and oxygen atoms in total.